The zero-order valence-electron chi connectivity index (χ0n) is 10.2. The quantitative estimate of drug-likeness (QED) is 0.861. The fourth-order valence-corrected chi connectivity index (χ4v) is 5.30. The van der Waals surface area contributed by atoms with Crippen LogP contribution in [0.15, 0.2) is 15.9 Å². The van der Waals surface area contributed by atoms with Gasteiger partial charge in [-0.25, -0.2) is 0 Å². The van der Waals surface area contributed by atoms with Gasteiger partial charge < -0.3 is 5.32 Å². The average molecular weight is 334 g/mol. The van der Waals surface area contributed by atoms with Gasteiger partial charge >= 0.3 is 0 Å². The maximum atomic E-state index is 3.68. The first-order chi connectivity index (χ1) is 8.29. The lowest BCUT2D eigenvalue weighted by molar-refractivity contribution is 0.474. The summed E-state index contributed by atoms with van der Waals surface area (Å²) in [5, 5.41) is 6.68. The smallest absolute Gasteiger partial charge is 0.0285 e. The summed E-state index contributed by atoms with van der Waals surface area (Å²) in [4.78, 5) is 1.49. The van der Waals surface area contributed by atoms with Crippen molar-refractivity contribution in [3.05, 3.63) is 20.8 Å². The van der Waals surface area contributed by atoms with Crippen molar-refractivity contribution in [3.8, 4) is 0 Å². The highest BCUT2D eigenvalue weighted by molar-refractivity contribution is 9.10. The Bertz CT molecular complexity index is 334. The Kier molecular flexibility index (Phi) is 5.87. The standard InChI is InChI=1S/C13H20BrNS2/c1-2-15-12(13-5-3-4-6-16-13)8-11-7-10(14)9-17-11/h7,9,12-13,15H,2-6,8H2,1H3. The van der Waals surface area contributed by atoms with Crippen LogP contribution >= 0.6 is 39.0 Å². The van der Waals surface area contributed by atoms with Crippen LogP contribution in [0.5, 0.6) is 0 Å². The fourth-order valence-electron chi connectivity index (χ4n) is 2.36. The van der Waals surface area contributed by atoms with Crippen molar-refractivity contribution < 1.29 is 0 Å². The van der Waals surface area contributed by atoms with E-state index >= 15 is 0 Å². The minimum atomic E-state index is 0.649. The third-order valence-electron chi connectivity index (χ3n) is 3.17. The Labute approximate surface area is 121 Å². The van der Waals surface area contributed by atoms with E-state index in [-0.39, 0.29) is 0 Å². The van der Waals surface area contributed by atoms with E-state index in [1.165, 1.54) is 40.8 Å². The number of rotatable bonds is 5. The van der Waals surface area contributed by atoms with E-state index in [1.54, 1.807) is 0 Å². The molecule has 1 aromatic heterocycles. The lowest BCUT2D eigenvalue weighted by atomic mass is 10.0. The predicted octanol–water partition coefficient (Wildman–Crippen LogP) is 4.32. The third kappa shape index (κ3) is 4.27. The van der Waals surface area contributed by atoms with Crippen LogP contribution < -0.4 is 5.32 Å². The van der Waals surface area contributed by atoms with Gasteiger partial charge in [0.05, 0.1) is 0 Å². The molecular weight excluding hydrogens is 314 g/mol. The van der Waals surface area contributed by atoms with Crippen molar-refractivity contribution in [1.29, 1.82) is 0 Å². The first-order valence-electron chi connectivity index (χ1n) is 6.37. The molecule has 0 aromatic carbocycles. The molecule has 2 heterocycles. The third-order valence-corrected chi connectivity index (χ3v) is 6.41. The molecule has 0 aliphatic carbocycles. The summed E-state index contributed by atoms with van der Waals surface area (Å²) >= 11 is 7.58. The lowest BCUT2D eigenvalue weighted by Gasteiger charge is -2.30. The minimum absolute atomic E-state index is 0.649. The van der Waals surface area contributed by atoms with Gasteiger partial charge in [-0.05, 0) is 53.6 Å². The van der Waals surface area contributed by atoms with Crippen LogP contribution in [0, 0.1) is 0 Å². The number of thiophene rings is 1. The number of hydrogen-bond acceptors (Lipinski definition) is 3. The maximum Gasteiger partial charge on any atom is 0.0285 e. The topological polar surface area (TPSA) is 12.0 Å². The molecule has 2 unspecified atom stereocenters. The molecule has 2 atom stereocenters. The molecule has 1 aliphatic heterocycles. The number of hydrogen-bond donors (Lipinski definition) is 1. The summed E-state index contributed by atoms with van der Waals surface area (Å²) < 4.78 is 1.23. The molecule has 2 rings (SSSR count). The van der Waals surface area contributed by atoms with Gasteiger partial charge in [0.2, 0.25) is 0 Å². The second-order valence-corrected chi connectivity index (χ2v) is 7.76. The van der Waals surface area contributed by atoms with Crippen molar-refractivity contribution in [2.24, 2.45) is 0 Å². The Balaban J connectivity index is 1.95. The zero-order valence-corrected chi connectivity index (χ0v) is 13.5. The van der Waals surface area contributed by atoms with Gasteiger partial charge in [-0.2, -0.15) is 11.8 Å². The summed E-state index contributed by atoms with van der Waals surface area (Å²) in [6.45, 7) is 3.29. The Morgan fingerprint density at radius 2 is 2.41 bits per heavy atom. The lowest BCUT2D eigenvalue weighted by Crippen LogP contribution is -2.40. The molecule has 0 spiro atoms. The first kappa shape index (κ1) is 13.9. The number of likely N-dealkylation sites (N-methyl/N-ethyl adjacent to an activating group) is 1. The van der Waals surface area contributed by atoms with Crippen molar-refractivity contribution >= 4 is 39.0 Å². The van der Waals surface area contributed by atoms with E-state index in [4.69, 9.17) is 0 Å². The zero-order chi connectivity index (χ0) is 12.1. The minimum Gasteiger partial charge on any atom is -0.313 e. The second-order valence-electron chi connectivity index (χ2n) is 4.50. The number of thioether (sulfide) groups is 1. The Morgan fingerprint density at radius 3 is 3.00 bits per heavy atom. The Morgan fingerprint density at radius 1 is 1.53 bits per heavy atom. The van der Waals surface area contributed by atoms with Gasteiger partial charge in [-0.1, -0.05) is 13.3 Å². The van der Waals surface area contributed by atoms with Crippen LogP contribution in [0.25, 0.3) is 0 Å². The van der Waals surface area contributed by atoms with E-state index in [0.29, 0.717) is 6.04 Å². The van der Waals surface area contributed by atoms with Crippen LogP contribution in [-0.4, -0.2) is 23.6 Å². The summed E-state index contributed by atoms with van der Waals surface area (Å²) in [5.74, 6) is 1.35. The van der Waals surface area contributed by atoms with E-state index in [2.05, 4.69) is 51.4 Å². The van der Waals surface area contributed by atoms with Gasteiger partial charge in [0, 0.05) is 26.0 Å². The van der Waals surface area contributed by atoms with E-state index in [9.17, 15) is 0 Å². The summed E-state index contributed by atoms with van der Waals surface area (Å²) in [7, 11) is 0. The van der Waals surface area contributed by atoms with Crippen molar-refractivity contribution in [2.75, 3.05) is 12.3 Å². The van der Waals surface area contributed by atoms with Crippen molar-refractivity contribution in [2.45, 2.75) is 43.9 Å². The summed E-state index contributed by atoms with van der Waals surface area (Å²) in [6.07, 6.45) is 5.38. The molecule has 1 nitrogen and oxygen atoms in total. The highest BCUT2D eigenvalue weighted by Crippen LogP contribution is 2.30. The molecule has 1 fully saturated rings. The molecule has 17 heavy (non-hydrogen) atoms. The van der Waals surface area contributed by atoms with Crippen molar-refractivity contribution in [3.63, 3.8) is 0 Å². The molecule has 4 heteroatoms. The normalized spacial score (nSPS) is 22.6. The van der Waals surface area contributed by atoms with E-state index in [1.807, 2.05) is 11.3 Å². The molecule has 0 amide bonds. The van der Waals surface area contributed by atoms with Crippen molar-refractivity contribution in [1.82, 2.24) is 5.32 Å². The number of halogens is 1. The monoisotopic (exact) mass is 333 g/mol. The maximum absolute atomic E-state index is 3.68. The largest absolute Gasteiger partial charge is 0.313 e. The van der Waals surface area contributed by atoms with Gasteiger partial charge in [0.15, 0.2) is 0 Å². The number of nitrogens with one attached hydrogen (secondary N) is 1. The van der Waals surface area contributed by atoms with Gasteiger partial charge in [0.25, 0.3) is 0 Å². The summed E-state index contributed by atoms with van der Waals surface area (Å²) in [5.41, 5.74) is 0. The van der Waals surface area contributed by atoms with Crippen LogP contribution in [0.2, 0.25) is 0 Å². The molecular formula is C13H20BrNS2. The SMILES string of the molecule is CCNC(Cc1cc(Br)cs1)C1CCCCS1. The second kappa shape index (κ2) is 7.17. The van der Waals surface area contributed by atoms with Crippen LogP contribution in [0.3, 0.4) is 0 Å². The molecule has 0 bridgehead atoms. The molecule has 0 saturated carbocycles. The summed E-state index contributed by atoms with van der Waals surface area (Å²) in [6, 6.07) is 2.92. The van der Waals surface area contributed by atoms with Crippen LogP contribution in [0.1, 0.15) is 31.1 Å². The van der Waals surface area contributed by atoms with E-state index < -0.39 is 0 Å². The molecule has 1 saturated heterocycles. The fraction of sp³-hybridized carbons (Fsp3) is 0.692. The van der Waals surface area contributed by atoms with Gasteiger partial charge in [0.1, 0.15) is 0 Å². The van der Waals surface area contributed by atoms with E-state index in [0.717, 1.165) is 11.8 Å². The highest BCUT2D eigenvalue weighted by Gasteiger charge is 2.24. The molecule has 1 aliphatic rings. The molecule has 0 radical (unpaired) electrons. The van der Waals surface area contributed by atoms with Gasteiger partial charge in [-0.3, -0.25) is 0 Å². The molecule has 1 N–H and O–H groups in total. The average Bonchev–Trinajstić information content (AvgIpc) is 2.75. The highest BCUT2D eigenvalue weighted by atomic mass is 79.9. The van der Waals surface area contributed by atoms with Crippen LogP contribution in [0.4, 0.5) is 0 Å². The van der Waals surface area contributed by atoms with Gasteiger partial charge in [-0.15, -0.1) is 11.3 Å². The molecule has 1 aromatic rings. The Hall–Kier alpha value is 0.490. The predicted molar refractivity (Wildman–Crippen MR) is 83.3 cm³/mol. The first-order valence-corrected chi connectivity index (χ1v) is 9.09. The molecule has 96 valence electrons. The van der Waals surface area contributed by atoms with Crippen LogP contribution in [-0.2, 0) is 6.42 Å².